The van der Waals surface area contributed by atoms with Crippen LogP contribution in [-0.2, 0) is 9.53 Å². The summed E-state index contributed by atoms with van der Waals surface area (Å²) >= 11 is 0. The molecule has 0 amide bonds. The van der Waals surface area contributed by atoms with Gasteiger partial charge in [-0.25, -0.2) is 4.79 Å². The lowest BCUT2D eigenvalue weighted by atomic mass is 9.43. The fourth-order valence-corrected chi connectivity index (χ4v) is 4.57. The Kier molecular flexibility index (Phi) is 2.08. The molecule has 0 aliphatic heterocycles. The Balaban J connectivity index is 1.82. The van der Waals surface area contributed by atoms with Gasteiger partial charge in [-0.1, -0.05) is 6.58 Å². The fraction of sp³-hybridized carbons (Fsp3) is 0.786. The lowest BCUT2D eigenvalue weighted by molar-refractivity contribution is -0.259. The number of hydrogen-bond acceptors (Lipinski definition) is 3. The highest BCUT2D eigenvalue weighted by atomic mass is 16.6. The van der Waals surface area contributed by atoms with Crippen molar-refractivity contribution < 1.29 is 14.6 Å². The smallest absolute Gasteiger partial charge is 0.333 e. The van der Waals surface area contributed by atoms with Gasteiger partial charge in [-0.15, -0.1) is 0 Å². The van der Waals surface area contributed by atoms with Crippen molar-refractivity contribution in [3.8, 4) is 0 Å². The van der Waals surface area contributed by atoms with E-state index in [1.165, 1.54) is 6.42 Å². The lowest BCUT2D eigenvalue weighted by Crippen LogP contribution is -2.66. The highest BCUT2D eigenvalue weighted by Gasteiger charge is 2.66. The molecule has 17 heavy (non-hydrogen) atoms. The fourth-order valence-electron chi connectivity index (χ4n) is 4.57. The molecule has 1 N–H and O–H groups in total. The number of hydrogen-bond donors (Lipinski definition) is 1. The van der Waals surface area contributed by atoms with Gasteiger partial charge in [0.15, 0.2) is 0 Å². The van der Waals surface area contributed by atoms with Crippen LogP contribution in [-0.4, -0.2) is 22.3 Å². The van der Waals surface area contributed by atoms with E-state index in [9.17, 15) is 9.90 Å². The van der Waals surface area contributed by atoms with Crippen LogP contribution in [0, 0.1) is 5.41 Å². The van der Waals surface area contributed by atoms with Gasteiger partial charge in [0, 0.05) is 12.0 Å². The average Bonchev–Trinajstić information content (AvgIpc) is 2.12. The number of ether oxygens (including phenoxy) is 1. The van der Waals surface area contributed by atoms with Crippen molar-refractivity contribution in [1.82, 2.24) is 0 Å². The molecule has 3 nitrogen and oxygen atoms in total. The average molecular weight is 236 g/mol. The Labute approximate surface area is 102 Å². The maximum Gasteiger partial charge on any atom is 0.333 e. The van der Waals surface area contributed by atoms with Crippen LogP contribution in [0.3, 0.4) is 0 Å². The van der Waals surface area contributed by atoms with Crippen molar-refractivity contribution in [3.05, 3.63) is 12.2 Å². The molecule has 0 radical (unpaired) electrons. The van der Waals surface area contributed by atoms with Crippen LogP contribution in [0.5, 0.6) is 0 Å². The Bertz CT molecular complexity index is 388. The highest BCUT2D eigenvalue weighted by Crippen LogP contribution is 2.67. The van der Waals surface area contributed by atoms with Gasteiger partial charge in [0.2, 0.25) is 0 Å². The van der Waals surface area contributed by atoms with Crippen LogP contribution in [0.25, 0.3) is 0 Å². The predicted molar refractivity (Wildman–Crippen MR) is 63.3 cm³/mol. The van der Waals surface area contributed by atoms with E-state index in [1.54, 1.807) is 6.92 Å². The number of carbonyl (C=O) groups is 1. The molecule has 0 heterocycles. The molecule has 0 aromatic heterocycles. The first-order chi connectivity index (χ1) is 7.86. The Morgan fingerprint density at radius 2 is 1.94 bits per heavy atom. The molecule has 0 aromatic rings. The van der Waals surface area contributed by atoms with Gasteiger partial charge in [-0.05, 0) is 50.9 Å². The summed E-state index contributed by atoms with van der Waals surface area (Å²) < 4.78 is 5.67. The summed E-state index contributed by atoms with van der Waals surface area (Å²) in [5, 5.41) is 10.3. The van der Waals surface area contributed by atoms with Crippen molar-refractivity contribution in [2.75, 3.05) is 0 Å². The normalized spacial score (nSPS) is 46.9. The van der Waals surface area contributed by atoms with Gasteiger partial charge >= 0.3 is 5.97 Å². The van der Waals surface area contributed by atoms with Crippen LogP contribution in [0.15, 0.2) is 12.2 Å². The second-order valence-corrected chi connectivity index (χ2v) is 6.64. The van der Waals surface area contributed by atoms with E-state index in [-0.39, 0.29) is 11.4 Å². The molecule has 1 spiro atoms. The lowest BCUT2D eigenvalue weighted by Gasteiger charge is -2.66. The SMILES string of the molecule is C=C(C)C(=O)OC12CCCC3(CC(O)(C3)C1)C2. The summed E-state index contributed by atoms with van der Waals surface area (Å²) in [7, 11) is 0. The van der Waals surface area contributed by atoms with Gasteiger partial charge in [0.25, 0.3) is 0 Å². The molecule has 4 aliphatic carbocycles. The molecule has 4 aliphatic rings. The van der Waals surface area contributed by atoms with Crippen LogP contribution in [0.4, 0.5) is 0 Å². The first-order valence-corrected chi connectivity index (χ1v) is 6.48. The monoisotopic (exact) mass is 236 g/mol. The first-order valence-electron chi connectivity index (χ1n) is 6.48. The van der Waals surface area contributed by atoms with Crippen molar-refractivity contribution in [2.45, 2.75) is 63.1 Å². The maximum absolute atomic E-state index is 11.7. The quantitative estimate of drug-likeness (QED) is 0.591. The predicted octanol–water partition coefficient (Wildman–Crippen LogP) is 2.33. The summed E-state index contributed by atoms with van der Waals surface area (Å²) in [6.45, 7) is 5.31. The summed E-state index contributed by atoms with van der Waals surface area (Å²) in [5.74, 6) is -0.299. The Morgan fingerprint density at radius 1 is 1.24 bits per heavy atom. The minimum absolute atomic E-state index is 0.264. The maximum atomic E-state index is 11.7. The third-order valence-corrected chi connectivity index (χ3v) is 4.75. The van der Waals surface area contributed by atoms with Gasteiger partial charge in [0.1, 0.15) is 5.60 Å². The van der Waals surface area contributed by atoms with E-state index in [1.807, 2.05) is 0 Å². The van der Waals surface area contributed by atoms with E-state index in [0.29, 0.717) is 12.0 Å². The molecule has 3 heteroatoms. The Morgan fingerprint density at radius 3 is 2.59 bits per heavy atom. The highest BCUT2D eigenvalue weighted by molar-refractivity contribution is 5.87. The molecule has 4 saturated carbocycles. The van der Waals surface area contributed by atoms with Gasteiger partial charge in [-0.3, -0.25) is 0 Å². The standard InChI is InChI=1S/C14H20O3/c1-10(2)11(15)17-14-5-3-4-12(8-14)6-13(16,7-12)9-14/h16H,1,3-9H2,2H3. The molecule has 1 unspecified atom stereocenters. The molecule has 4 fully saturated rings. The van der Waals surface area contributed by atoms with Gasteiger partial charge in [0.05, 0.1) is 5.60 Å². The molecule has 0 aromatic carbocycles. The summed E-state index contributed by atoms with van der Waals surface area (Å²) in [6, 6.07) is 0. The number of carbonyl (C=O) groups excluding carboxylic acids is 1. The molecule has 4 rings (SSSR count). The van der Waals surface area contributed by atoms with E-state index >= 15 is 0 Å². The molecule has 1 atom stereocenters. The Hall–Kier alpha value is -0.830. The second kappa shape index (κ2) is 3.14. The van der Waals surface area contributed by atoms with Gasteiger partial charge < -0.3 is 9.84 Å². The largest absolute Gasteiger partial charge is 0.456 e. The van der Waals surface area contributed by atoms with E-state index in [2.05, 4.69) is 6.58 Å². The van der Waals surface area contributed by atoms with E-state index < -0.39 is 11.2 Å². The van der Waals surface area contributed by atoms with Crippen molar-refractivity contribution in [3.63, 3.8) is 0 Å². The van der Waals surface area contributed by atoms with Crippen LogP contribution in [0.1, 0.15) is 51.9 Å². The molecule has 94 valence electrons. The van der Waals surface area contributed by atoms with Gasteiger partial charge in [-0.2, -0.15) is 0 Å². The number of esters is 1. The van der Waals surface area contributed by atoms with Crippen LogP contribution < -0.4 is 0 Å². The number of aliphatic hydroxyl groups is 1. The second-order valence-electron chi connectivity index (χ2n) is 6.64. The molecule has 0 saturated heterocycles. The minimum Gasteiger partial charge on any atom is -0.456 e. The summed E-state index contributed by atoms with van der Waals surface area (Å²) in [4.78, 5) is 11.7. The molecular weight excluding hydrogens is 216 g/mol. The summed E-state index contributed by atoms with van der Waals surface area (Å²) in [6.07, 6.45) is 6.58. The minimum atomic E-state index is -0.561. The third-order valence-electron chi connectivity index (χ3n) is 4.75. The van der Waals surface area contributed by atoms with E-state index in [4.69, 9.17) is 4.74 Å². The zero-order chi connectivity index (χ0) is 12.3. The van der Waals surface area contributed by atoms with Crippen molar-refractivity contribution in [2.24, 2.45) is 5.41 Å². The van der Waals surface area contributed by atoms with Crippen LogP contribution >= 0.6 is 0 Å². The third kappa shape index (κ3) is 1.63. The number of rotatable bonds is 2. The molecule has 3 bridgehead atoms. The zero-order valence-corrected chi connectivity index (χ0v) is 10.4. The van der Waals surface area contributed by atoms with E-state index in [0.717, 1.165) is 32.1 Å². The topological polar surface area (TPSA) is 46.5 Å². The van der Waals surface area contributed by atoms with Crippen molar-refractivity contribution >= 4 is 5.97 Å². The zero-order valence-electron chi connectivity index (χ0n) is 10.4. The summed E-state index contributed by atoms with van der Waals surface area (Å²) in [5.41, 5.74) is -0.251. The molecular formula is C14H20O3. The van der Waals surface area contributed by atoms with Crippen molar-refractivity contribution in [1.29, 1.82) is 0 Å². The first kappa shape index (κ1) is 11.3. The van der Waals surface area contributed by atoms with Crippen LogP contribution in [0.2, 0.25) is 0 Å².